The molecule has 1 aromatic heterocycles. The third-order valence-corrected chi connectivity index (χ3v) is 3.82. The highest BCUT2D eigenvalue weighted by molar-refractivity contribution is 7.13. The molecule has 0 aromatic carbocycles. The van der Waals surface area contributed by atoms with Crippen molar-refractivity contribution in [1.29, 1.82) is 0 Å². The monoisotopic (exact) mass is 284 g/mol. The van der Waals surface area contributed by atoms with Gasteiger partial charge in [0.05, 0.1) is 30.9 Å². The van der Waals surface area contributed by atoms with Crippen molar-refractivity contribution < 1.29 is 14.3 Å². The summed E-state index contributed by atoms with van der Waals surface area (Å²) in [6.07, 6.45) is 0.248. The number of carbonyl (C=O) groups is 1. The molecule has 106 valence electrons. The molecule has 1 saturated heterocycles. The molecule has 0 N–H and O–H groups in total. The highest BCUT2D eigenvalue weighted by atomic mass is 32.1. The number of aromatic nitrogens is 1. The molecule has 0 aliphatic carbocycles. The highest BCUT2D eigenvalue weighted by Gasteiger charge is 2.28. The molecule has 0 spiro atoms. The lowest BCUT2D eigenvalue weighted by atomic mass is 10.1. The third-order valence-electron chi connectivity index (χ3n) is 2.87. The van der Waals surface area contributed by atoms with E-state index in [1.807, 2.05) is 5.38 Å². The minimum Gasteiger partial charge on any atom is -0.466 e. The van der Waals surface area contributed by atoms with Crippen LogP contribution in [0.15, 0.2) is 5.38 Å². The molecule has 0 radical (unpaired) electrons. The van der Waals surface area contributed by atoms with Gasteiger partial charge >= 0.3 is 5.97 Å². The second kappa shape index (κ2) is 5.88. The molecule has 1 aromatic rings. The average Bonchev–Trinajstić information content (AvgIpc) is 2.76. The zero-order valence-corrected chi connectivity index (χ0v) is 12.5. The molecule has 1 aliphatic heterocycles. The van der Waals surface area contributed by atoms with E-state index in [1.165, 1.54) is 0 Å². The highest BCUT2D eigenvalue weighted by Crippen LogP contribution is 2.26. The van der Waals surface area contributed by atoms with Crippen molar-refractivity contribution in [1.82, 2.24) is 4.98 Å². The summed E-state index contributed by atoms with van der Waals surface area (Å²) in [6.45, 7) is 8.74. The van der Waals surface area contributed by atoms with Crippen molar-refractivity contribution in [3.63, 3.8) is 0 Å². The number of hydrogen-bond acceptors (Lipinski definition) is 6. The molecule has 2 heterocycles. The second-order valence-corrected chi connectivity index (χ2v) is 5.97. The maximum absolute atomic E-state index is 11.4. The largest absolute Gasteiger partial charge is 0.466 e. The van der Waals surface area contributed by atoms with E-state index in [0.29, 0.717) is 13.2 Å². The summed E-state index contributed by atoms with van der Waals surface area (Å²) < 4.78 is 10.6. The maximum Gasteiger partial charge on any atom is 0.311 e. The fourth-order valence-corrected chi connectivity index (χ4v) is 2.91. The number of carbonyl (C=O) groups excluding carboxylic acids is 1. The number of esters is 1. The van der Waals surface area contributed by atoms with E-state index in [1.54, 1.807) is 18.3 Å². The van der Waals surface area contributed by atoms with E-state index >= 15 is 0 Å². The van der Waals surface area contributed by atoms with Crippen LogP contribution in [0.4, 0.5) is 5.13 Å². The van der Waals surface area contributed by atoms with Gasteiger partial charge in [0.1, 0.15) is 0 Å². The summed E-state index contributed by atoms with van der Waals surface area (Å²) in [6, 6.07) is 0. The Morgan fingerprint density at radius 1 is 1.63 bits per heavy atom. The summed E-state index contributed by atoms with van der Waals surface area (Å²) in [5, 5.41) is 2.88. The molecule has 6 heteroatoms. The zero-order chi connectivity index (χ0) is 13.9. The standard InChI is InChI=1S/C13H20N2O3S/c1-4-17-11(16)7-10-8-19-12(14-10)15-5-6-18-13(2,3)9-15/h8H,4-7,9H2,1-3H3. The van der Waals surface area contributed by atoms with Gasteiger partial charge < -0.3 is 14.4 Å². The summed E-state index contributed by atoms with van der Waals surface area (Å²) in [5.41, 5.74) is 0.633. The first-order chi connectivity index (χ1) is 9.00. The van der Waals surface area contributed by atoms with Crippen LogP contribution in [0.25, 0.3) is 0 Å². The molecule has 0 saturated carbocycles. The Morgan fingerprint density at radius 3 is 3.11 bits per heavy atom. The Morgan fingerprint density at radius 2 is 2.42 bits per heavy atom. The Hall–Kier alpha value is -1.14. The number of thiazole rings is 1. The SMILES string of the molecule is CCOC(=O)Cc1csc(N2CCOC(C)(C)C2)n1. The Bertz CT molecular complexity index is 445. The van der Waals surface area contributed by atoms with Gasteiger partial charge in [0.15, 0.2) is 5.13 Å². The van der Waals surface area contributed by atoms with Crippen LogP contribution >= 0.6 is 11.3 Å². The van der Waals surface area contributed by atoms with Gasteiger partial charge in [-0.25, -0.2) is 4.98 Å². The molecule has 0 amide bonds. The molecule has 5 nitrogen and oxygen atoms in total. The van der Waals surface area contributed by atoms with Crippen molar-refractivity contribution in [3.8, 4) is 0 Å². The fourth-order valence-electron chi connectivity index (χ4n) is 2.06. The van der Waals surface area contributed by atoms with Crippen molar-refractivity contribution in [2.75, 3.05) is 31.2 Å². The molecule has 19 heavy (non-hydrogen) atoms. The van der Waals surface area contributed by atoms with Gasteiger partial charge in [-0.05, 0) is 20.8 Å². The number of anilines is 1. The van der Waals surface area contributed by atoms with Crippen molar-refractivity contribution in [3.05, 3.63) is 11.1 Å². The number of nitrogens with zero attached hydrogens (tertiary/aromatic N) is 2. The molecular weight excluding hydrogens is 264 g/mol. The fraction of sp³-hybridized carbons (Fsp3) is 0.692. The minimum absolute atomic E-state index is 0.148. The molecule has 0 bridgehead atoms. The van der Waals surface area contributed by atoms with Gasteiger partial charge in [-0.2, -0.15) is 0 Å². The van der Waals surface area contributed by atoms with Crippen LogP contribution in [0.5, 0.6) is 0 Å². The van der Waals surface area contributed by atoms with Gasteiger partial charge in [0, 0.05) is 18.5 Å². The van der Waals surface area contributed by atoms with Gasteiger partial charge in [-0.1, -0.05) is 0 Å². The molecule has 2 rings (SSSR count). The van der Waals surface area contributed by atoms with E-state index < -0.39 is 0 Å². The second-order valence-electron chi connectivity index (χ2n) is 5.13. The Labute approximate surface area is 117 Å². The van der Waals surface area contributed by atoms with Crippen molar-refractivity contribution >= 4 is 22.4 Å². The van der Waals surface area contributed by atoms with E-state index in [0.717, 1.165) is 23.9 Å². The van der Waals surface area contributed by atoms with Crippen LogP contribution in [0.1, 0.15) is 26.5 Å². The number of morpholine rings is 1. The summed E-state index contributed by atoms with van der Waals surface area (Å²) in [7, 11) is 0. The van der Waals surface area contributed by atoms with Gasteiger partial charge in [0.25, 0.3) is 0 Å². The lowest BCUT2D eigenvalue weighted by Crippen LogP contribution is -2.48. The number of ether oxygens (including phenoxy) is 2. The summed E-state index contributed by atoms with van der Waals surface area (Å²) >= 11 is 1.57. The van der Waals surface area contributed by atoms with Gasteiger partial charge in [-0.15, -0.1) is 11.3 Å². The van der Waals surface area contributed by atoms with Crippen LogP contribution in [0.3, 0.4) is 0 Å². The first-order valence-electron chi connectivity index (χ1n) is 6.49. The smallest absolute Gasteiger partial charge is 0.311 e. The predicted octanol–water partition coefficient (Wildman–Crippen LogP) is 1.86. The van der Waals surface area contributed by atoms with Crippen LogP contribution < -0.4 is 4.90 Å². The van der Waals surface area contributed by atoms with E-state index in [4.69, 9.17) is 9.47 Å². The normalized spacial score (nSPS) is 18.4. The maximum atomic E-state index is 11.4. The van der Waals surface area contributed by atoms with E-state index in [-0.39, 0.29) is 18.0 Å². The summed E-state index contributed by atoms with van der Waals surface area (Å²) in [4.78, 5) is 18.1. The quantitative estimate of drug-likeness (QED) is 0.790. The minimum atomic E-state index is -0.221. The molecular formula is C13H20N2O3S. The predicted molar refractivity (Wildman–Crippen MR) is 74.7 cm³/mol. The number of rotatable bonds is 4. The topological polar surface area (TPSA) is 51.7 Å². The Balaban J connectivity index is 1.98. The van der Waals surface area contributed by atoms with E-state index in [2.05, 4.69) is 23.7 Å². The average molecular weight is 284 g/mol. The van der Waals surface area contributed by atoms with E-state index in [9.17, 15) is 4.79 Å². The zero-order valence-electron chi connectivity index (χ0n) is 11.6. The molecule has 0 atom stereocenters. The number of hydrogen-bond donors (Lipinski definition) is 0. The van der Waals surface area contributed by atoms with Crippen molar-refractivity contribution in [2.24, 2.45) is 0 Å². The van der Waals surface area contributed by atoms with Crippen LogP contribution in [-0.2, 0) is 20.7 Å². The van der Waals surface area contributed by atoms with Crippen LogP contribution in [-0.4, -0.2) is 42.9 Å². The van der Waals surface area contributed by atoms with Crippen molar-refractivity contribution in [2.45, 2.75) is 32.8 Å². The summed E-state index contributed by atoms with van der Waals surface area (Å²) in [5.74, 6) is -0.221. The van der Waals surface area contributed by atoms with Gasteiger partial charge in [0.2, 0.25) is 0 Å². The first-order valence-corrected chi connectivity index (χ1v) is 7.37. The van der Waals surface area contributed by atoms with Gasteiger partial charge in [-0.3, -0.25) is 4.79 Å². The molecule has 1 fully saturated rings. The molecule has 1 aliphatic rings. The Kier molecular flexibility index (Phi) is 4.42. The lowest BCUT2D eigenvalue weighted by molar-refractivity contribution is -0.142. The first kappa shape index (κ1) is 14.3. The van der Waals surface area contributed by atoms with Crippen LogP contribution in [0.2, 0.25) is 0 Å². The van der Waals surface area contributed by atoms with Crippen LogP contribution in [0, 0.1) is 0 Å². The third kappa shape index (κ3) is 3.91. The lowest BCUT2D eigenvalue weighted by Gasteiger charge is -2.37. The molecule has 0 unspecified atom stereocenters.